The average Bonchev–Trinajstić information content (AvgIpc) is 3.36. The summed E-state index contributed by atoms with van der Waals surface area (Å²) in [5.41, 5.74) is 3.57. The number of para-hydroxylation sites is 1. The molecular formula is C23H23N3O4S3. The van der Waals surface area contributed by atoms with E-state index in [1.54, 1.807) is 24.3 Å². The molecule has 172 valence electrons. The SMILES string of the molecule is COC(=O)c1c(NC(=S)Nc2ccc(S(=O)(=O)Nc3ccccc3C)cc2)sc2c1CCC2. The lowest BCUT2D eigenvalue weighted by Crippen LogP contribution is -2.20. The number of methoxy groups -OCH3 is 1. The molecule has 0 fully saturated rings. The van der Waals surface area contributed by atoms with Crippen molar-refractivity contribution in [1.82, 2.24) is 0 Å². The highest BCUT2D eigenvalue weighted by atomic mass is 32.2. The zero-order valence-corrected chi connectivity index (χ0v) is 20.5. The molecule has 1 aliphatic carbocycles. The Hall–Kier alpha value is -2.95. The first-order valence-electron chi connectivity index (χ1n) is 10.3. The van der Waals surface area contributed by atoms with Gasteiger partial charge in [-0.2, -0.15) is 0 Å². The van der Waals surface area contributed by atoms with Crippen molar-refractivity contribution in [2.45, 2.75) is 31.1 Å². The number of hydrogen-bond donors (Lipinski definition) is 3. The Morgan fingerprint density at radius 1 is 1.06 bits per heavy atom. The molecule has 1 heterocycles. The Bertz CT molecular complexity index is 1320. The van der Waals surface area contributed by atoms with Crippen molar-refractivity contribution >= 4 is 61.0 Å². The number of sulfonamides is 1. The second kappa shape index (κ2) is 9.50. The van der Waals surface area contributed by atoms with Gasteiger partial charge in [0.15, 0.2) is 5.11 Å². The summed E-state index contributed by atoms with van der Waals surface area (Å²) in [5, 5.41) is 7.09. The van der Waals surface area contributed by atoms with Crippen LogP contribution in [-0.4, -0.2) is 26.6 Å². The molecule has 4 rings (SSSR count). The summed E-state index contributed by atoms with van der Waals surface area (Å²) < 4.78 is 33.0. The first-order valence-corrected chi connectivity index (χ1v) is 13.0. The Labute approximate surface area is 202 Å². The third kappa shape index (κ3) is 5.02. The van der Waals surface area contributed by atoms with E-state index in [1.165, 1.54) is 35.5 Å². The van der Waals surface area contributed by atoms with Gasteiger partial charge in [0.2, 0.25) is 0 Å². The molecule has 3 N–H and O–H groups in total. The zero-order chi connectivity index (χ0) is 23.6. The van der Waals surface area contributed by atoms with Crippen molar-refractivity contribution in [2.75, 3.05) is 22.5 Å². The van der Waals surface area contributed by atoms with E-state index in [0.717, 1.165) is 30.4 Å². The van der Waals surface area contributed by atoms with Crippen LogP contribution in [0.2, 0.25) is 0 Å². The summed E-state index contributed by atoms with van der Waals surface area (Å²) in [5.74, 6) is -0.379. The third-order valence-electron chi connectivity index (χ3n) is 5.35. The summed E-state index contributed by atoms with van der Waals surface area (Å²) in [7, 11) is -2.36. The van der Waals surface area contributed by atoms with Crippen LogP contribution < -0.4 is 15.4 Å². The molecule has 0 saturated heterocycles. The van der Waals surface area contributed by atoms with Gasteiger partial charge in [-0.1, -0.05) is 18.2 Å². The topological polar surface area (TPSA) is 96.5 Å². The number of thiocarbonyl (C=S) groups is 1. The largest absolute Gasteiger partial charge is 0.465 e. The third-order valence-corrected chi connectivity index (χ3v) is 8.14. The number of esters is 1. The number of hydrogen-bond acceptors (Lipinski definition) is 6. The van der Waals surface area contributed by atoms with E-state index in [9.17, 15) is 13.2 Å². The van der Waals surface area contributed by atoms with Crippen molar-refractivity contribution in [1.29, 1.82) is 0 Å². The number of nitrogens with one attached hydrogen (secondary N) is 3. The smallest absolute Gasteiger partial charge is 0.341 e. The summed E-state index contributed by atoms with van der Waals surface area (Å²) in [4.78, 5) is 13.6. The minimum absolute atomic E-state index is 0.137. The fourth-order valence-corrected chi connectivity index (χ4v) is 6.38. The average molecular weight is 502 g/mol. The predicted octanol–water partition coefficient (Wildman–Crippen LogP) is 4.94. The molecular weight excluding hydrogens is 478 g/mol. The molecule has 1 aromatic heterocycles. The number of ether oxygens (including phenoxy) is 1. The Balaban J connectivity index is 1.45. The highest BCUT2D eigenvalue weighted by Crippen LogP contribution is 2.39. The maximum absolute atomic E-state index is 12.7. The van der Waals surface area contributed by atoms with Crippen molar-refractivity contribution in [3.05, 3.63) is 70.1 Å². The fourth-order valence-electron chi connectivity index (χ4n) is 3.68. The number of anilines is 3. The molecule has 1 aliphatic rings. The number of rotatable bonds is 6. The quantitative estimate of drug-likeness (QED) is 0.325. The minimum Gasteiger partial charge on any atom is -0.465 e. The van der Waals surface area contributed by atoms with Crippen molar-refractivity contribution < 1.29 is 17.9 Å². The van der Waals surface area contributed by atoms with Crippen LogP contribution in [0, 0.1) is 6.92 Å². The van der Waals surface area contributed by atoms with Crippen LogP contribution in [0.4, 0.5) is 16.4 Å². The van der Waals surface area contributed by atoms with Crippen LogP contribution in [-0.2, 0) is 27.6 Å². The normalized spacial score (nSPS) is 12.7. The summed E-state index contributed by atoms with van der Waals surface area (Å²) >= 11 is 6.93. The standard InChI is InChI=1S/C23H23N3O4S3/c1-14-6-3-4-8-18(14)26-33(28,29)16-12-10-15(11-13-16)24-23(31)25-21-20(22(27)30-2)17-7-5-9-19(17)32-21/h3-4,6,8,10-13,26H,5,7,9H2,1-2H3,(H2,24,25,31). The van der Waals surface area contributed by atoms with Gasteiger partial charge in [0.05, 0.1) is 23.3 Å². The number of carbonyl (C=O) groups excluding carboxylic acids is 1. The highest BCUT2D eigenvalue weighted by Gasteiger charge is 2.27. The summed E-state index contributed by atoms with van der Waals surface area (Å²) in [6.07, 6.45) is 2.82. The van der Waals surface area contributed by atoms with E-state index < -0.39 is 10.0 Å². The second-order valence-electron chi connectivity index (χ2n) is 7.58. The molecule has 0 saturated carbocycles. The monoisotopic (exact) mass is 501 g/mol. The summed E-state index contributed by atoms with van der Waals surface area (Å²) in [6, 6.07) is 13.5. The van der Waals surface area contributed by atoms with E-state index in [0.29, 0.717) is 27.1 Å². The van der Waals surface area contributed by atoms with E-state index in [-0.39, 0.29) is 10.9 Å². The van der Waals surface area contributed by atoms with Crippen LogP contribution in [0.5, 0.6) is 0 Å². The van der Waals surface area contributed by atoms with Crippen LogP contribution in [0.1, 0.15) is 32.8 Å². The Morgan fingerprint density at radius 3 is 2.48 bits per heavy atom. The van der Waals surface area contributed by atoms with Gasteiger partial charge in [0.1, 0.15) is 5.00 Å². The predicted molar refractivity (Wildman–Crippen MR) is 136 cm³/mol. The lowest BCUT2D eigenvalue weighted by atomic mass is 10.1. The second-order valence-corrected chi connectivity index (χ2v) is 10.8. The number of aryl methyl sites for hydroxylation is 2. The zero-order valence-electron chi connectivity index (χ0n) is 18.1. The maximum atomic E-state index is 12.7. The fraction of sp³-hybridized carbons (Fsp3) is 0.217. The Morgan fingerprint density at radius 2 is 1.79 bits per heavy atom. The van der Waals surface area contributed by atoms with Crippen LogP contribution in [0.3, 0.4) is 0 Å². The van der Waals surface area contributed by atoms with E-state index in [4.69, 9.17) is 17.0 Å². The molecule has 0 amide bonds. The molecule has 0 unspecified atom stereocenters. The molecule has 0 bridgehead atoms. The molecule has 0 radical (unpaired) electrons. The summed E-state index contributed by atoms with van der Waals surface area (Å²) in [6.45, 7) is 1.84. The molecule has 10 heteroatoms. The van der Waals surface area contributed by atoms with Gasteiger partial charge in [0.25, 0.3) is 10.0 Å². The molecule has 3 aromatic rings. The van der Waals surface area contributed by atoms with Crippen molar-refractivity contribution in [3.63, 3.8) is 0 Å². The first-order chi connectivity index (χ1) is 15.8. The molecule has 7 nitrogen and oxygen atoms in total. The number of thiophene rings is 1. The van der Waals surface area contributed by atoms with Crippen LogP contribution in [0.25, 0.3) is 0 Å². The van der Waals surface area contributed by atoms with Gasteiger partial charge in [-0.05, 0) is 79.9 Å². The highest BCUT2D eigenvalue weighted by molar-refractivity contribution is 7.92. The molecule has 0 spiro atoms. The lowest BCUT2D eigenvalue weighted by molar-refractivity contribution is 0.0601. The van der Waals surface area contributed by atoms with Crippen molar-refractivity contribution in [3.8, 4) is 0 Å². The maximum Gasteiger partial charge on any atom is 0.341 e. The van der Waals surface area contributed by atoms with Crippen molar-refractivity contribution in [2.24, 2.45) is 0 Å². The number of benzene rings is 2. The molecule has 0 atom stereocenters. The van der Waals surface area contributed by atoms with Gasteiger partial charge in [-0.3, -0.25) is 4.72 Å². The molecule has 0 aliphatic heterocycles. The van der Waals surface area contributed by atoms with E-state index >= 15 is 0 Å². The Kier molecular flexibility index (Phi) is 6.68. The lowest BCUT2D eigenvalue weighted by Gasteiger charge is -2.13. The van der Waals surface area contributed by atoms with Gasteiger partial charge in [-0.25, -0.2) is 13.2 Å². The number of fused-ring (bicyclic) bond motifs is 1. The van der Waals surface area contributed by atoms with Gasteiger partial charge in [-0.15, -0.1) is 11.3 Å². The van der Waals surface area contributed by atoms with Gasteiger partial charge < -0.3 is 15.4 Å². The van der Waals surface area contributed by atoms with Gasteiger partial charge in [0, 0.05) is 10.6 Å². The first kappa shape index (κ1) is 23.2. The van der Waals surface area contributed by atoms with E-state index in [1.807, 2.05) is 19.1 Å². The van der Waals surface area contributed by atoms with Crippen LogP contribution >= 0.6 is 23.6 Å². The van der Waals surface area contributed by atoms with Gasteiger partial charge >= 0.3 is 5.97 Å². The minimum atomic E-state index is -3.72. The van der Waals surface area contributed by atoms with Crippen LogP contribution in [0.15, 0.2) is 53.4 Å². The van der Waals surface area contributed by atoms with E-state index in [2.05, 4.69) is 15.4 Å². The molecule has 2 aromatic carbocycles. The molecule has 33 heavy (non-hydrogen) atoms. The number of carbonyl (C=O) groups is 1.